The summed E-state index contributed by atoms with van der Waals surface area (Å²) in [7, 11) is 1.53. The Morgan fingerprint density at radius 1 is 1.33 bits per heavy atom. The largest absolute Gasteiger partial charge is 0.349 e. The number of nitrogens with one attached hydrogen (secondary N) is 1. The summed E-state index contributed by atoms with van der Waals surface area (Å²) < 4.78 is 0. The van der Waals surface area contributed by atoms with Crippen LogP contribution in [0.3, 0.4) is 0 Å². The van der Waals surface area contributed by atoms with Crippen molar-refractivity contribution in [3.05, 3.63) is 35.9 Å². The molecule has 6 nitrogen and oxygen atoms in total. The molecule has 0 unspecified atom stereocenters. The zero-order chi connectivity index (χ0) is 15.8. The quantitative estimate of drug-likeness (QED) is 0.701. The molecule has 0 fully saturated rings. The molecule has 1 aromatic rings. The van der Waals surface area contributed by atoms with Gasteiger partial charge in [0, 0.05) is 18.7 Å². The number of aldehydes is 1. The highest BCUT2D eigenvalue weighted by molar-refractivity contribution is 5.94. The van der Waals surface area contributed by atoms with E-state index in [1.807, 2.05) is 6.07 Å². The molecular weight excluding hydrogens is 270 g/mol. The van der Waals surface area contributed by atoms with Gasteiger partial charge in [-0.15, -0.1) is 0 Å². The van der Waals surface area contributed by atoms with E-state index in [0.29, 0.717) is 18.3 Å². The van der Waals surface area contributed by atoms with Crippen molar-refractivity contribution in [1.82, 2.24) is 10.2 Å². The number of nitrogens with two attached hydrogens (primary N) is 1. The van der Waals surface area contributed by atoms with Gasteiger partial charge >= 0.3 is 0 Å². The van der Waals surface area contributed by atoms with Crippen LogP contribution in [-0.4, -0.2) is 48.7 Å². The standard InChI is InChI=1S/C15H21N3O3/c1-11(8-13(10-19)18(2)14(20)9-16)17-15(21)12-6-4-3-5-7-12/h3-7,10-11,13H,8-9,16H2,1-2H3,(H,17,21)/t11-,13+/m1/s1. The fraction of sp³-hybridized carbons (Fsp3) is 0.400. The van der Waals surface area contributed by atoms with Crippen LogP contribution in [0.25, 0.3) is 0 Å². The summed E-state index contributed by atoms with van der Waals surface area (Å²) in [6.45, 7) is 1.64. The number of likely N-dealkylation sites (N-methyl/N-ethyl adjacent to an activating group) is 1. The van der Waals surface area contributed by atoms with Crippen molar-refractivity contribution < 1.29 is 14.4 Å². The van der Waals surface area contributed by atoms with Crippen LogP contribution in [0.15, 0.2) is 30.3 Å². The normalized spacial score (nSPS) is 13.1. The molecule has 0 spiro atoms. The Hall–Kier alpha value is -2.21. The second-order valence-electron chi connectivity index (χ2n) is 4.89. The predicted octanol–water partition coefficient (Wildman–Crippen LogP) is 0.180. The van der Waals surface area contributed by atoms with Crippen LogP contribution in [-0.2, 0) is 9.59 Å². The number of benzene rings is 1. The van der Waals surface area contributed by atoms with Gasteiger partial charge in [-0.25, -0.2) is 0 Å². The molecule has 0 radical (unpaired) electrons. The molecule has 2 atom stereocenters. The van der Waals surface area contributed by atoms with E-state index in [2.05, 4.69) is 5.32 Å². The molecule has 0 aliphatic heterocycles. The average molecular weight is 291 g/mol. The van der Waals surface area contributed by atoms with Gasteiger partial charge in [-0.1, -0.05) is 18.2 Å². The van der Waals surface area contributed by atoms with Crippen molar-refractivity contribution in [3.63, 3.8) is 0 Å². The SMILES string of the molecule is C[C@H](C[C@@H](C=O)N(C)C(=O)CN)NC(=O)c1ccccc1. The van der Waals surface area contributed by atoms with E-state index in [4.69, 9.17) is 5.73 Å². The summed E-state index contributed by atoms with van der Waals surface area (Å²) in [5, 5.41) is 2.81. The summed E-state index contributed by atoms with van der Waals surface area (Å²) in [4.78, 5) is 35.9. The Morgan fingerprint density at radius 3 is 2.48 bits per heavy atom. The highest BCUT2D eigenvalue weighted by atomic mass is 16.2. The fourth-order valence-electron chi connectivity index (χ4n) is 1.95. The molecule has 3 N–H and O–H groups in total. The van der Waals surface area contributed by atoms with Crippen molar-refractivity contribution in [2.75, 3.05) is 13.6 Å². The summed E-state index contributed by atoms with van der Waals surface area (Å²) in [5.41, 5.74) is 5.83. The lowest BCUT2D eigenvalue weighted by Crippen LogP contribution is -2.45. The third-order valence-corrected chi connectivity index (χ3v) is 3.23. The topological polar surface area (TPSA) is 92.5 Å². The molecule has 0 saturated carbocycles. The van der Waals surface area contributed by atoms with Crippen LogP contribution in [0.5, 0.6) is 0 Å². The van der Waals surface area contributed by atoms with Gasteiger partial charge in [0.25, 0.3) is 5.91 Å². The van der Waals surface area contributed by atoms with Crippen LogP contribution in [0.4, 0.5) is 0 Å². The lowest BCUT2D eigenvalue weighted by molar-refractivity contribution is -0.133. The molecule has 0 bridgehead atoms. The molecule has 2 amide bonds. The van der Waals surface area contributed by atoms with E-state index in [9.17, 15) is 14.4 Å². The highest BCUT2D eigenvalue weighted by Crippen LogP contribution is 2.05. The number of hydrogen-bond acceptors (Lipinski definition) is 4. The molecule has 0 heterocycles. The Bertz CT molecular complexity index is 490. The summed E-state index contributed by atoms with van der Waals surface area (Å²) in [6.07, 6.45) is 1.03. The van der Waals surface area contributed by atoms with Gasteiger partial charge in [-0.05, 0) is 25.5 Å². The number of carbonyl (C=O) groups is 3. The smallest absolute Gasteiger partial charge is 0.251 e. The number of hydrogen-bond donors (Lipinski definition) is 2. The van der Waals surface area contributed by atoms with E-state index < -0.39 is 6.04 Å². The predicted molar refractivity (Wildman–Crippen MR) is 79.7 cm³/mol. The second kappa shape index (κ2) is 8.16. The molecule has 0 aliphatic carbocycles. The lowest BCUT2D eigenvalue weighted by Gasteiger charge is -2.26. The van der Waals surface area contributed by atoms with Crippen molar-refractivity contribution in [3.8, 4) is 0 Å². The van der Waals surface area contributed by atoms with Gasteiger partial charge in [0.1, 0.15) is 6.29 Å². The first-order chi connectivity index (χ1) is 9.99. The van der Waals surface area contributed by atoms with Gasteiger partial charge in [0.15, 0.2) is 0 Å². The van der Waals surface area contributed by atoms with Crippen LogP contribution >= 0.6 is 0 Å². The molecule has 6 heteroatoms. The zero-order valence-corrected chi connectivity index (χ0v) is 12.3. The minimum atomic E-state index is -0.605. The van der Waals surface area contributed by atoms with Crippen LogP contribution in [0, 0.1) is 0 Å². The third kappa shape index (κ3) is 5.00. The minimum Gasteiger partial charge on any atom is -0.349 e. The fourth-order valence-corrected chi connectivity index (χ4v) is 1.95. The van der Waals surface area contributed by atoms with Crippen LogP contribution in [0.2, 0.25) is 0 Å². The van der Waals surface area contributed by atoms with Gasteiger partial charge in [-0.3, -0.25) is 9.59 Å². The summed E-state index contributed by atoms with van der Waals surface area (Å²) in [5.74, 6) is -0.519. The first-order valence-corrected chi connectivity index (χ1v) is 6.76. The van der Waals surface area contributed by atoms with Gasteiger partial charge < -0.3 is 20.7 Å². The maximum Gasteiger partial charge on any atom is 0.251 e. The molecule has 0 saturated heterocycles. The van der Waals surface area contributed by atoms with Crippen molar-refractivity contribution in [2.45, 2.75) is 25.4 Å². The molecule has 1 aromatic carbocycles. The van der Waals surface area contributed by atoms with E-state index in [1.54, 1.807) is 31.2 Å². The third-order valence-electron chi connectivity index (χ3n) is 3.23. The molecular formula is C15H21N3O3. The van der Waals surface area contributed by atoms with Crippen molar-refractivity contribution in [2.24, 2.45) is 5.73 Å². The van der Waals surface area contributed by atoms with E-state index in [-0.39, 0.29) is 24.4 Å². The average Bonchev–Trinajstić information content (AvgIpc) is 2.51. The first-order valence-electron chi connectivity index (χ1n) is 6.76. The number of rotatable bonds is 7. The number of carbonyl (C=O) groups excluding carboxylic acids is 3. The van der Waals surface area contributed by atoms with Gasteiger partial charge in [0.05, 0.1) is 12.6 Å². The van der Waals surface area contributed by atoms with Crippen molar-refractivity contribution >= 4 is 18.1 Å². The number of nitrogens with zero attached hydrogens (tertiary/aromatic N) is 1. The molecule has 21 heavy (non-hydrogen) atoms. The lowest BCUT2D eigenvalue weighted by atomic mass is 10.1. The highest BCUT2D eigenvalue weighted by Gasteiger charge is 2.21. The van der Waals surface area contributed by atoms with Crippen LogP contribution < -0.4 is 11.1 Å². The maximum absolute atomic E-state index is 12.0. The van der Waals surface area contributed by atoms with Crippen LogP contribution in [0.1, 0.15) is 23.7 Å². The Labute approximate surface area is 124 Å². The summed E-state index contributed by atoms with van der Waals surface area (Å²) >= 11 is 0. The number of amides is 2. The summed E-state index contributed by atoms with van der Waals surface area (Å²) in [6, 6.07) is 7.96. The zero-order valence-electron chi connectivity index (χ0n) is 12.3. The first kappa shape index (κ1) is 16.8. The van der Waals surface area contributed by atoms with Gasteiger partial charge in [0.2, 0.25) is 5.91 Å². The molecule has 0 aliphatic rings. The van der Waals surface area contributed by atoms with E-state index >= 15 is 0 Å². The monoisotopic (exact) mass is 291 g/mol. The van der Waals surface area contributed by atoms with E-state index in [1.165, 1.54) is 11.9 Å². The van der Waals surface area contributed by atoms with Crippen molar-refractivity contribution in [1.29, 1.82) is 0 Å². The Balaban J connectivity index is 2.59. The Kier molecular flexibility index (Phi) is 6.55. The molecule has 114 valence electrons. The Morgan fingerprint density at radius 2 is 1.95 bits per heavy atom. The van der Waals surface area contributed by atoms with E-state index in [0.717, 1.165) is 0 Å². The maximum atomic E-state index is 12.0. The molecule has 0 aromatic heterocycles. The minimum absolute atomic E-state index is 0.147. The van der Waals surface area contributed by atoms with Gasteiger partial charge in [-0.2, -0.15) is 0 Å². The second-order valence-corrected chi connectivity index (χ2v) is 4.89. The molecule has 1 rings (SSSR count).